The van der Waals surface area contributed by atoms with Crippen LogP contribution < -0.4 is 5.32 Å². The van der Waals surface area contributed by atoms with E-state index in [2.05, 4.69) is 12.2 Å². The van der Waals surface area contributed by atoms with Gasteiger partial charge in [0.05, 0.1) is 6.61 Å². The Hall–Kier alpha value is -1.51. The Morgan fingerprint density at radius 2 is 2.12 bits per heavy atom. The third-order valence-corrected chi connectivity index (χ3v) is 2.35. The minimum atomic E-state index is -0.375. The molecule has 0 bridgehead atoms. The second kappa shape index (κ2) is 6.16. The molecule has 0 aromatic heterocycles. The quantitative estimate of drug-likeness (QED) is 0.788. The lowest BCUT2D eigenvalue weighted by Gasteiger charge is -2.09. The van der Waals surface area contributed by atoms with E-state index in [-0.39, 0.29) is 6.09 Å². The lowest BCUT2D eigenvalue weighted by atomic mass is 10.1. The molecule has 0 aliphatic carbocycles. The summed E-state index contributed by atoms with van der Waals surface area (Å²) in [4.78, 5) is 11.4. The van der Waals surface area contributed by atoms with Crippen LogP contribution in [0, 0.1) is 13.8 Å². The number of hydrogen-bond acceptors (Lipinski definition) is 2. The normalized spacial score (nSPS) is 9.94. The van der Waals surface area contributed by atoms with Gasteiger partial charge in [0, 0.05) is 5.69 Å². The zero-order valence-electron chi connectivity index (χ0n) is 10.2. The molecule has 1 rings (SSSR count). The van der Waals surface area contributed by atoms with Gasteiger partial charge in [-0.15, -0.1) is 0 Å². The van der Waals surface area contributed by atoms with Crippen molar-refractivity contribution in [2.45, 2.75) is 33.6 Å². The number of amides is 1. The molecule has 0 unspecified atom stereocenters. The number of ether oxygens (including phenoxy) is 1. The third-order valence-electron chi connectivity index (χ3n) is 2.35. The second-order valence-electron chi connectivity index (χ2n) is 3.93. The first-order valence-corrected chi connectivity index (χ1v) is 5.64. The summed E-state index contributed by atoms with van der Waals surface area (Å²) in [5.41, 5.74) is 3.04. The second-order valence-corrected chi connectivity index (χ2v) is 3.93. The molecule has 16 heavy (non-hydrogen) atoms. The number of carbonyl (C=O) groups is 1. The van der Waals surface area contributed by atoms with Gasteiger partial charge in [-0.25, -0.2) is 4.79 Å². The van der Waals surface area contributed by atoms with Crippen LogP contribution in [0.2, 0.25) is 0 Å². The van der Waals surface area contributed by atoms with E-state index < -0.39 is 0 Å². The first-order chi connectivity index (χ1) is 7.63. The van der Waals surface area contributed by atoms with Gasteiger partial charge in [-0.05, 0) is 31.9 Å². The molecule has 0 aliphatic rings. The highest BCUT2D eigenvalue weighted by Crippen LogP contribution is 2.16. The average Bonchev–Trinajstić information content (AvgIpc) is 2.23. The van der Waals surface area contributed by atoms with Crippen LogP contribution >= 0.6 is 0 Å². The minimum absolute atomic E-state index is 0.375. The van der Waals surface area contributed by atoms with Gasteiger partial charge < -0.3 is 4.74 Å². The molecule has 3 nitrogen and oxygen atoms in total. The highest BCUT2D eigenvalue weighted by Gasteiger charge is 2.04. The Labute approximate surface area is 96.8 Å². The summed E-state index contributed by atoms with van der Waals surface area (Å²) in [6, 6.07) is 5.89. The van der Waals surface area contributed by atoms with Gasteiger partial charge in [-0.2, -0.15) is 0 Å². The van der Waals surface area contributed by atoms with E-state index >= 15 is 0 Å². The lowest BCUT2D eigenvalue weighted by Crippen LogP contribution is -2.15. The summed E-state index contributed by atoms with van der Waals surface area (Å²) >= 11 is 0. The number of anilines is 1. The molecule has 0 spiro atoms. The molecular weight excluding hydrogens is 202 g/mol. The number of aryl methyl sites for hydroxylation is 2. The molecule has 0 aliphatic heterocycles. The Morgan fingerprint density at radius 1 is 1.38 bits per heavy atom. The van der Waals surface area contributed by atoms with Crippen molar-refractivity contribution in [3.8, 4) is 0 Å². The standard InChI is InChI=1S/C13H19NO2/c1-4-5-8-16-13(15)14-12-7-6-10(2)9-11(12)3/h6-7,9H,4-5,8H2,1-3H3,(H,14,15). The Kier molecular flexibility index (Phi) is 4.83. The summed E-state index contributed by atoms with van der Waals surface area (Å²) in [6.45, 7) is 6.53. The summed E-state index contributed by atoms with van der Waals surface area (Å²) in [5.74, 6) is 0. The van der Waals surface area contributed by atoms with Crippen LogP contribution in [0.15, 0.2) is 18.2 Å². The number of rotatable bonds is 4. The van der Waals surface area contributed by atoms with E-state index in [1.54, 1.807) is 0 Å². The van der Waals surface area contributed by atoms with Crippen LogP contribution in [0.4, 0.5) is 10.5 Å². The van der Waals surface area contributed by atoms with Crippen LogP contribution in [-0.4, -0.2) is 12.7 Å². The van der Waals surface area contributed by atoms with Crippen LogP contribution in [0.5, 0.6) is 0 Å². The van der Waals surface area contributed by atoms with Crippen molar-refractivity contribution in [3.63, 3.8) is 0 Å². The topological polar surface area (TPSA) is 38.3 Å². The molecule has 3 heteroatoms. The number of unbranched alkanes of at least 4 members (excludes halogenated alkanes) is 1. The highest BCUT2D eigenvalue weighted by molar-refractivity contribution is 5.85. The third kappa shape index (κ3) is 3.93. The Bertz CT molecular complexity index is 361. The van der Waals surface area contributed by atoms with Crippen molar-refractivity contribution < 1.29 is 9.53 Å². The average molecular weight is 221 g/mol. The molecule has 0 saturated heterocycles. The summed E-state index contributed by atoms with van der Waals surface area (Å²) in [7, 11) is 0. The number of benzene rings is 1. The van der Waals surface area contributed by atoms with Crippen molar-refractivity contribution in [2.75, 3.05) is 11.9 Å². The van der Waals surface area contributed by atoms with E-state index in [1.807, 2.05) is 32.0 Å². The molecule has 1 aromatic carbocycles. The van der Waals surface area contributed by atoms with Gasteiger partial charge in [-0.3, -0.25) is 5.32 Å². The maximum absolute atomic E-state index is 11.4. The lowest BCUT2D eigenvalue weighted by molar-refractivity contribution is 0.160. The zero-order valence-corrected chi connectivity index (χ0v) is 10.2. The predicted molar refractivity (Wildman–Crippen MR) is 65.8 cm³/mol. The van der Waals surface area contributed by atoms with Gasteiger partial charge in [0.1, 0.15) is 0 Å². The molecular formula is C13H19NO2. The molecule has 0 fully saturated rings. The first kappa shape index (κ1) is 12.6. The van der Waals surface area contributed by atoms with E-state index in [4.69, 9.17) is 4.74 Å². The number of carbonyl (C=O) groups excluding carboxylic acids is 1. The van der Waals surface area contributed by atoms with Crippen molar-refractivity contribution in [1.82, 2.24) is 0 Å². The minimum Gasteiger partial charge on any atom is -0.449 e. The van der Waals surface area contributed by atoms with Gasteiger partial charge in [0.2, 0.25) is 0 Å². The summed E-state index contributed by atoms with van der Waals surface area (Å²) < 4.78 is 5.02. The monoisotopic (exact) mass is 221 g/mol. The molecule has 0 saturated carbocycles. The van der Waals surface area contributed by atoms with E-state index in [9.17, 15) is 4.79 Å². The molecule has 0 heterocycles. The molecule has 1 aromatic rings. The highest BCUT2D eigenvalue weighted by atomic mass is 16.5. The maximum Gasteiger partial charge on any atom is 0.411 e. The van der Waals surface area contributed by atoms with Gasteiger partial charge in [0.15, 0.2) is 0 Å². The molecule has 88 valence electrons. The van der Waals surface area contributed by atoms with Crippen LogP contribution in [0.1, 0.15) is 30.9 Å². The van der Waals surface area contributed by atoms with Crippen LogP contribution in [-0.2, 0) is 4.74 Å². The van der Waals surface area contributed by atoms with E-state index in [1.165, 1.54) is 5.56 Å². The smallest absolute Gasteiger partial charge is 0.411 e. The number of nitrogens with one attached hydrogen (secondary N) is 1. The van der Waals surface area contributed by atoms with E-state index in [0.717, 1.165) is 24.1 Å². The molecule has 0 radical (unpaired) electrons. The molecule has 0 atom stereocenters. The van der Waals surface area contributed by atoms with Crippen molar-refractivity contribution in [2.24, 2.45) is 0 Å². The van der Waals surface area contributed by atoms with E-state index in [0.29, 0.717) is 6.61 Å². The fraction of sp³-hybridized carbons (Fsp3) is 0.462. The van der Waals surface area contributed by atoms with Crippen molar-refractivity contribution in [1.29, 1.82) is 0 Å². The summed E-state index contributed by atoms with van der Waals surface area (Å²) in [5, 5.41) is 2.74. The first-order valence-electron chi connectivity index (χ1n) is 5.64. The van der Waals surface area contributed by atoms with Gasteiger partial charge >= 0.3 is 6.09 Å². The SMILES string of the molecule is CCCCOC(=O)Nc1ccc(C)cc1C. The zero-order chi connectivity index (χ0) is 12.0. The maximum atomic E-state index is 11.4. The van der Waals surface area contributed by atoms with Crippen molar-refractivity contribution in [3.05, 3.63) is 29.3 Å². The molecule has 1 amide bonds. The van der Waals surface area contributed by atoms with Crippen LogP contribution in [0.25, 0.3) is 0 Å². The fourth-order valence-electron chi connectivity index (χ4n) is 1.41. The van der Waals surface area contributed by atoms with Gasteiger partial charge in [0.25, 0.3) is 0 Å². The Morgan fingerprint density at radius 3 is 2.75 bits per heavy atom. The number of hydrogen-bond donors (Lipinski definition) is 1. The Balaban J connectivity index is 2.49. The van der Waals surface area contributed by atoms with Crippen LogP contribution in [0.3, 0.4) is 0 Å². The largest absolute Gasteiger partial charge is 0.449 e. The fourth-order valence-corrected chi connectivity index (χ4v) is 1.41. The molecule has 1 N–H and O–H groups in total. The van der Waals surface area contributed by atoms with Gasteiger partial charge in [-0.1, -0.05) is 31.0 Å². The van der Waals surface area contributed by atoms with Crippen molar-refractivity contribution >= 4 is 11.8 Å². The summed E-state index contributed by atoms with van der Waals surface area (Å²) in [6.07, 6.45) is 1.55. The predicted octanol–water partition coefficient (Wildman–Crippen LogP) is 3.65.